The molecule has 2 rings (SSSR count). The van der Waals surface area contributed by atoms with Gasteiger partial charge in [-0.3, -0.25) is 0 Å². The molecule has 0 fully saturated rings. The van der Waals surface area contributed by atoms with Crippen molar-refractivity contribution in [1.82, 2.24) is 0 Å². The molecule has 84 valence electrons. The number of allylic oxidation sites excluding steroid dienone is 8. The maximum atomic E-state index is 9.70. The summed E-state index contributed by atoms with van der Waals surface area (Å²) in [4.78, 5) is 0. The highest BCUT2D eigenvalue weighted by molar-refractivity contribution is 5.51. The highest BCUT2D eigenvalue weighted by Gasteiger charge is 1.96. The van der Waals surface area contributed by atoms with Crippen LogP contribution >= 0.6 is 0 Å². The summed E-state index contributed by atoms with van der Waals surface area (Å²) in [6.07, 6.45) is 15.0. The van der Waals surface area contributed by atoms with Gasteiger partial charge in [0.25, 0.3) is 0 Å². The SMILES string of the molecule is OC(C=CC=Cc1ccccc1)=C1C=CC=C1. The molecule has 0 aromatic heterocycles. The van der Waals surface area contributed by atoms with Gasteiger partial charge in [0.15, 0.2) is 0 Å². The van der Waals surface area contributed by atoms with E-state index >= 15 is 0 Å². The van der Waals surface area contributed by atoms with Gasteiger partial charge < -0.3 is 5.11 Å². The molecule has 0 bridgehead atoms. The van der Waals surface area contributed by atoms with Gasteiger partial charge in [0.2, 0.25) is 0 Å². The average Bonchev–Trinajstić information content (AvgIpc) is 2.89. The zero-order valence-corrected chi connectivity index (χ0v) is 9.45. The van der Waals surface area contributed by atoms with Crippen molar-refractivity contribution in [2.24, 2.45) is 0 Å². The molecule has 0 aliphatic heterocycles. The van der Waals surface area contributed by atoms with Crippen LogP contribution in [0, 0.1) is 0 Å². The second-order valence-electron chi connectivity index (χ2n) is 3.69. The van der Waals surface area contributed by atoms with E-state index in [-0.39, 0.29) is 5.76 Å². The predicted octanol–water partition coefficient (Wildman–Crippen LogP) is 4.19. The quantitative estimate of drug-likeness (QED) is 0.600. The molecule has 17 heavy (non-hydrogen) atoms. The van der Waals surface area contributed by atoms with E-state index < -0.39 is 0 Å². The van der Waals surface area contributed by atoms with Crippen molar-refractivity contribution in [3.05, 3.63) is 89.8 Å². The summed E-state index contributed by atoms with van der Waals surface area (Å²) in [6.45, 7) is 0. The van der Waals surface area contributed by atoms with Crippen molar-refractivity contribution in [3.63, 3.8) is 0 Å². The standard InChI is InChI=1S/C16H14O/c17-16(15-11-5-6-12-15)13-7-4-10-14-8-2-1-3-9-14/h1-13,17H. The predicted molar refractivity (Wildman–Crippen MR) is 72.6 cm³/mol. The minimum atomic E-state index is 0.285. The maximum Gasteiger partial charge on any atom is 0.122 e. The van der Waals surface area contributed by atoms with E-state index in [0.29, 0.717) is 0 Å². The van der Waals surface area contributed by atoms with Gasteiger partial charge in [0.1, 0.15) is 5.76 Å². The van der Waals surface area contributed by atoms with E-state index in [1.165, 1.54) is 0 Å². The van der Waals surface area contributed by atoms with Crippen LogP contribution in [0.3, 0.4) is 0 Å². The fraction of sp³-hybridized carbons (Fsp3) is 0. The highest BCUT2D eigenvalue weighted by Crippen LogP contribution is 2.12. The van der Waals surface area contributed by atoms with Crippen molar-refractivity contribution in [3.8, 4) is 0 Å². The average molecular weight is 222 g/mol. The Kier molecular flexibility index (Phi) is 3.77. The van der Waals surface area contributed by atoms with Crippen LogP contribution in [0.5, 0.6) is 0 Å². The number of benzene rings is 1. The lowest BCUT2D eigenvalue weighted by molar-refractivity contribution is 0.429. The van der Waals surface area contributed by atoms with Crippen molar-refractivity contribution in [1.29, 1.82) is 0 Å². The molecule has 0 unspecified atom stereocenters. The van der Waals surface area contributed by atoms with Crippen LogP contribution in [0.15, 0.2) is 84.2 Å². The number of rotatable bonds is 3. The van der Waals surface area contributed by atoms with Crippen LogP contribution < -0.4 is 0 Å². The van der Waals surface area contributed by atoms with Gasteiger partial charge in [0.05, 0.1) is 0 Å². The molecule has 1 aromatic carbocycles. The minimum Gasteiger partial charge on any atom is -0.507 e. The van der Waals surface area contributed by atoms with Crippen LogP contribution in [0.4, 0.5) is 0 Å². The molecule has 1 N–H and O–H groups in total. The zero-order valence-electron chi connectivity index (χ0n) is 9.45. The maximum absolute atomic E-state index is 9.70. The summed E-state index contributed by atoms with van der Waals surface area (Å²) >= 11 is 0. The number of hydrogen-bond acceptors (Lipinski definition) is 1. The number of aliphatic hydroxyl groups excluding tert-OH is 1. The minimum absolute atomic E-state index is 0.285. The van der Waals surface area contributed by atoms with Crippen LogP contribution in [0.2, 0.25) is 0 Å². The molecule has 0 heterocycles. The van der Waals surface area contributed by atoms with Crippen LogP contribution in [-0.4, -0.2) is 5.11 Å². The third-order valence-electron chi connectivity index (χ3n) is 2.41. The van der Waals surface area contributed by atoms with Crippen molar-refractivity contribution < 1.29 is 5.11 Å². The molecule has 1 aromatic rings. The molecule has 1 aliphatic carbocycles. The summed E-state index contributed by atoms with van der Waals surface area (Å²) in [7, 11) is 0. The molecule has 0 saturated carbocycles. The van der Waals surface area contributed by atoms with E-state index in [1.807, 2.05) is 72.9 Å². The fourth-order valence-electron chi connectivity index (χ4n) is 1.52. The Morgan fingerprint density at radius 3 is 2.35 bits per heavy atom. The molecular formula is C16H14O. The monoisotopic (exact) mass is 222 g/mol. The van der Waals surface area contributed by atoms with Crippen LogP contribution in [0.25, 0.3) is 6.08 Å². The molecule has 1 nitrogen and oxygen atoms in total. The first-order valence-corrected chi connectivity index (χ1v) is 5.54. The second kappa shape index (κ2) is 5.71. The Labute approximate surface area is 101 Å². The molecule has 0 amide bonds. The zero-order chi connectivity index (χ0) is 11.9. The van der Waals surface area contributed by atoms with E-state index in [2.05, 4.69) is 0 Å². The number of hydrogen-bond donors (Lipinski definition) is 1. The van der Waals surface area contributed by atoms with Crippen LogP contribution in [-0.2, 0) is 0 Å². The van der Waals surface area contributed by atoms with E-state index in [4.69, 9.17) is 0 Å². The third kappa shape index (κ3) is 3.35. The first kappa shape index (κ1) is 11.2. The normalized spacial score (nSPS) is 14.2. The first-order valence-electron chi connectivity index (χ1n) is 5.54. The fourth-order valence-corrected chi connectivity index (χ4v) is 1.52. The lowest BCUT2D eigenvalue weighted by Gasteiger charge is -1.93. The van der Waals surface area contributed by atoms with Gasteiger partial charge in [-0.15, -0.1) is 0 Å². The van der Waals surface area contributed by atoms with Crippen molar-refractivity contribution in [2.45, 2.75) is 0 Å². The van der Waals surface area contributed by atoms with Gasteiger partial charge in [-0.25, -0.2) is 0 Å². The van der Waals surface area contributed by atoms with Crippen LogP contribution in [0.1, 0.15) is 5.56 Å². The Morgan fingerprint density at radius 1 is 0.941 bits per heavy atom. The van der Waals surface area contributed by atoms with E-state index in [0.717, 1.165) is 11.1 Å². The molecule has 0 radical (unpaired) electrons. The molecule has 0 saturated heterocycles. The highest BCUT2D eigenvalue weighted by atomic mass is 16.3. The molecule has 0 atom stereocenters. The number of aliphatic hydroxyl groups is 1. The summed E-state index contributed by atoms with van der Waals surface area (Å²) in [5.41, 5.74) is 1.99. The molecule has 1 aliphatic rings. The van der Waals surface area contributed by atoms with Gasteiger partial charge in [-0.2, -0.15) is 0 Å². The smallest absolute Gasteiger partial charge is 0.122 e. The lowest BCUT2D eigenvalue weighted by atomic mass is 10.2. The van der Waals surface area contributed by atoms with Gasteiger partial charge in [-0.05, 0) is 11.6 Å². The largest absolute Gasteiger partial charge is 0.507 e. The van der Waals surface area contributed by atoms with Gasteiger partial charge in [0, 0.05) is 5.57 Å². The Morgan fingerprint density at radius 2 is 1.65 bits per heavy atom. The second-order valence-corrected chi connectivity index (χ2v) is 3.69. The van der Waals surface area contributed by atoms with E-state index in [9.17, 15) is 5.11 Å². The summed E-state index contributed by atoms with van der Waals surface area (Å²) < 4.78 is 0. The van der Waals surface area contributed by atoms with Gasteiger partial charge in [-0.1, -0.05) is 72.9 Å². The van der Waals surface area contributed by atoms with Crippen molar-refractivity contribution >= 4 is 6.08 Å². The van der Waals surface area contributed by atoms with E-state index in [1.54, 1.807) is 6.08 Å². The van der Waals surface area contributed by atoms with Crippen molar-refractivity contribution in [2.75, 3.05) is 0 Å². The van der Waals surface area contributed by atoms with Gasteiger partial charge >= 0.3 is 0 Å². The summed E-state index contributed by atoms with van der Waals surface area (Å²) in [5, 5.41) is 9.70. The Balaban J connectivity index is 1.99. The molecular weight excluding hydrogens is 208 g/mol. The lowest BCUT2D eigenvalue weighted by Crippen LogP contribution is -1.78. The third-order valence-corrected chi connectivity index (χ3v) is 2.41. The molecule has 0 spiro atoms. The topological polar surface area (TPSA) is 20.2 Å². The summed E-state index contributed by atoms with van der Waals surface area (Å²) in [6, 6.07) is 10.0. The first-order chi connectivity index (χ1) is 8.36. The molecule has 1 heteroatoms. The Bertz CT molecular complexity index is 500. The Hall–Kier alpha value is -2.28. The summed E-state index contributed by atoms with van der Waals surface area (Å²) in [5.74, 6) is 0.285.